The highest BCUT2D eigenvalue weighted by molar-refractivity contribution is 6.11. The molecule has 0 fully saturated rings. The highest BCUT2D eigenvalue weighted by Gasteiger charge is 2.35. The molecule has 1 atom stereocenters. The number of hydrazone groups is 1. The Morgan fingerprint density at radius 2 is 1.75 bits per heavy atom. The second kappa shape index (κ2) is 12.6. The molecule has 0 saturated carbocycles. The first-order chi connectivity index (χ1) is 17.3. The van der Waals surface area contributed by atoms with Gasteiger partial charge in [0.2, 0.25) is 5.91 Å². The lowest BCUT2D eigenvalue weighted by Crippen LogP contribution is -2.39. The number of nitrogens with zero attached hydrogens (tertiary/aromatic N) is 3. The van der Waals surface area contributed by atoms with Crippen molar-refractivity contribution in [2.75, 3.05) is 32.3 Å². The zero-order chi connectivity index (χ0) is 26.1. The van der Waals surface area contributed by atoms with Gasteiger partial charge in [-0.3, -0.25) is 4.79 Å². The van der Waals surface area contributed by atoms with Crippen LogP contribution in [-0.2, 0) is 20.8 Å². The molecule has 2 aromatic rings. The Kier molecular flexibility index (Phi) is 9.35. The zero-order valence-corrected chi connectivity index (χ0v) is 20.5. The molecular formula is C27H31N3O6. The van der Waals surface area contributed by atoms with Gasteiger partial charge in [-0.25, -0.2) is 9.59 Å². The normalized spacial score (nSPS) is 16.5. The van der Waals surface area contributed by atoms with Crippen LogP contribution >= 0.6 is 0 Å². The number of carbonyl (C=O) groups excluding carboxylic acids is 1. The average Bonchev–Trinajstić information content (AvgIpc) is 2.85. The number of para-hydroxylation sites is 2. The third kappa shape index (κ3) is 7.26. The number of carboxylic acid groups (broad SMARTS) is 2. The van der Waals surface area contributed by atoms with Crippen LogP contribution < -0.4 is 9.75 Å². The van der Waals surface area contributed by atoms with Crippen LogP contribution in [0, 0.1) is 5.92 Å². The molecule has 2 N–H and O–H groups in total. The molecule has 0 aromatic heterocycles. The summed E-state index contributed by atoms with van der Waals surface area (Å²) in [5.74, 6) is -1.55. The fourth-order valence-corrected chi connectivity index (χ4v) is 4.12. The lowest BCUT2D eigenvalue weighted by molar-refractivity contribution is -0.134. The summed E-state index contributed by atoms with van der Waals surface area (Å²) in [7, 11) is 4.10. The molecule has 1 aliphatic carbocycles. The van der Waals surface area contributed by atoms with Crippen LogP contribution in [0.5, 0.6) is 5.75 Å². The quantitative estimate of drug-likeness (QED) is 0.427. The summed E-state index contributed by atoms with van der Waals surface area (Å²) in [6.45, 7) is 1.57. The summed E-state index contributed by atoms with van der Waals surface area (Å²) in [6, 6.07) is 16.1. The van der Waals surface area contributed by atoms with Gasteiger partial charge in [0.1, 0.15) is 11.4 Å². The van der Waals surface area contributed by atoms with Crippen molar-refractivity contribution in [3.05, 3.63) is 71.8 Å². The molecule has 2 aromatic carbocycles. The predicted octanol–water partition coefficient (Wildman–Crippen LogP) is 3.43. The van der Waals surface area contributed by atoms with E-state index in [1.807, 2.05) is 30.3 Å². The molecule has 2 aliphatic rings. The second-order valence-corrected chi connectivity index (χ2v) is 8.77. The van der Waals surface area contributed by atoms with Crippen LogP contribution in [0.3, 0.4) is 0 Å². The van der Waals surface area contributed by atoms with Crippen molar-refractivity contribution in [3.63, 3.8) is 0 Å². The maximum atomic E-state index is 12.9. The molecular weight excluding hydrogens is 462 g/mol. The van der Waals surface area contributed by atoms with Gasteiger partial charge in [-0.15, -0.1) is 0 Å². The smallest absolute Gasteiger partial charge is 0.328 e. The Labute approximate surface area is 210 Å². The fourth-order valence-electron chi connectivity index (χ4n) is 4.12. The number of ether oxygens (including phenoxy) is 1. The maximum absolute atomic E-state index is 12.9. The molecule has 1 amide bonds. The third-order valence-corrected chi connectivity index (χ3v) is 5.78. The van der Waals surface area contributed by atoms with E-state index in [1.165, 1.54) is 11.1 Å². The lowest BCUT2D eigenvalue weighted by Gasteiger charge is -2.33. The van der Waals surface area contributed by atoms with E-state index < -0.39 is 11.9 Å². The van der Waals surface area contributed by atoms with E-state index in [4.69, 9.17) is 20.1 Å². The molecule has 1 heterocycles. The van der Waals surface area contributed by atoms with Crippen molar-refractivity contribution in [1.82, 2.24) is 4.90 Å². The first-order valence-electron chi connectivity index (χ1n) is 11.8. The highest BCUT2D eigenvalue weighted by atomic mass is 16.5. The second-order valence-electron chi connectivity index (χ2n) is 8.77. The van der Waals surface area contributed by atoms with Gasteiger partial charge in [0.15, 0.2) is 0 Å². The molecule has 1 aliphatic heterocycles. The molecule has 0 saturated heterocycles. The number of hydrogen-bond donors (Lipinski definition) is 2. The first-order valence-corrected chi connectivity index (χ1v) is 11.8. The Morgan fingerprint density at radius 1 is 1.08 bits per heavy atom. The average molecular weight is 494 g/mol. The van der Waals surface area contributed by atoms with Crippen LogP contribution in [0.4, 0.5) is 5.69 Å². The number of aliphatic carboxylic acids is 2. The molecule has 0 bridgehead atoms. The summed E-state index contributed by atoms with van der Waals surface area (Å²) in [5.41, 5.74) is 4.26. The number of hydrogen-bond acceptors (Lipinski definition) is 6. The molecule has 0 radical (unpaired) electrons. The molecule has 9 nitrogen and oxygen atoms in total. The minimum Gasteiger partial charge on any atom is -0.491 e. The van der Waals surface area contributed by atoms with E-state index in [2.05, 4.69) is 37.2 Å². The summed E-state index contributed by atoms with van der Waals surface area (Å²) >= 11 is 0. The van der Waals surface area contributed by atoms with Crippen LogP contribution in [0.25, 0.3) is 0 Å². The molecule has 190 valence electrons. The SMILES string of the molecule is CN(C)CCCOc1ccccc1N1N=C2c3ccccc3CCC2CC1=O.O=C(O)/C=C/C(=O)O. The predicted molar refractivity (Wildman–Crippen MR) is 136 cm³/mol. The molecule has 4 rings (SSSR count). The molecule has 1 unspecified atom stereocenters. The number of fused-ring (bicyclic) bond motifs is 3. The fraction of sp³-hybridized carbons (Fsp3) is 0.333. The van der Waals surface area contributed by atoms with E-state index in [9.17, 15) is 14.4 Å². The minimum absolute atomic E-state index is 0.0393. The van der Waals surface area contributed by atoms with E-state index >= 15 is 0 Å². The van der Waals surface area contributed by atoms with Gasteiger partial charge in [-0.05, 0) is 51.1 Å². The van der Waals surface area contributed by atoms with E-state index in [-0.39, 0.29) is 11.8 Å². The Hall–Kier alpha value is -3.98. The summed E-state index contributed by atoms with van der Waals surface area (Å²) in [5, 5.41) is 22.0. The van der Waals surface area contributed by atoms with Gasteiger partial charge in [0.05, 0.1) is 12.3 Å². The van der Waals surface area contributed by atoms with Crippen molar-refractivity contribution in [2.24, 2.45) is 11.0 Å². The van der Waals surface area contributed by atoms with E-state index in [0.29, 0.717) is 30.9 Å². The number of anilines is 1. The van der Waals surface area contributed by atoms with Crippen molar-refractivity contribution >= 4 is 29.2 Å². The van der Waals surface area contributed by atoms with Gasteiger partial charge in [-0.1, -0.05) is 36.4 Å². The standard InChI is InChI=1S/C23H27N3O2.C4H4O4/c1-25(2)14-7-15-28-21-11-6-5-10-20(21)26-22(27)16-18-13-12-17-8-3-4-9-19(17)23(18)24-26;5-3(6)1-2-4(7)8/h3-6,8-11,18H,7,12-16H2,1-2H3;1-2H,(H,5,6)(H,7,8)/b;2-1+. The lowest BCUT2D eigenvalue weighted by atomic mass is 9.79. The van der Waals surface area contributed by atoms with Crippen molar-refractivity contribution in [1.29, 1.82) is 0 Å². The number of aryl methyl sites for hydroxylation is 1. The van der Waals surface area contributed by atoms with E-state index in [1.54, 1.807) is 5.01 Å². The minimum atomic E-state index is -1.26. The van der Waals surface area contributed by atoms with Gasteiger partial charge < -0.3 is 19.8 Å². The summed E-state index contributed by atoms with van der Waals surface area (Å²) < 4.78 is 6.00. The number of amides is 1. The monoisotopic (exact) mass is 493 g/mol. The van der Waals surface area contributed by atoms with Crippen LogP contribution in [-0.4, -0.2) is 65.9 Å². The molecule has 9 heteroatoms. The molecule has 36 heavy (non-hydrogen) atoms. The number of rotatable bonds is 8. The number of benzene rings is 2. The molecule has 0 spiro atoms. The Balaban J connectivity index is 0.000000392. The van der Waals surface area contributed by atoms with Gasteiger partial charge >= 0.3 is 11.9 Å². The van der Waals surface area contributed by atoms with Crippen molar-refractivity contribution in [2.45, 2.75) is 25.7 Å². The zero-order valence-electron chi connectivity index (χ0n) is 20.5. The number of carbonyl (C=O) groups is 3. The maximum Gasteiger partial charge on any atom is 0.328 e. The Bertz CT molecular complexity index is 1140. The van der Waals surface area contributed by atoms with E-state index in [0.717, 1.165) is 37.2 Å². The summed E-state index contributed by atoms with van der Waals surface area (Å²) in [4.78, 5) is 34.1. The van der Waals surface area contributed by atoms with Crippen LogP contribution in [0.15, 0.2) is 65.8 Å². The van der Waals surface area contributed by atoms with Crippen molar-refractivity contribution in [3.8, 4) is 5.75 Å². The van der Waals surface area contributed by atoms with Crippen LogP contribution in [0.2, 0.25) is 0 Å². The van der Waals surface area contributed by atoms with Gasteiger partial charge in [0, 0.05) is 36.6 Å². The third-order valence-electron chi connectivity index (χ3n) is 5.78. The summed E-state index contributed by atoms with van der Waals surface area (Å²) in [6.07, 6.45) is 4.54. The van der Waals surface area contributed by atoms with Gasteiger partial charge in [-0.2, -0.15) is 10.1 Å². The van der Waals surface area contributed by atoms with Crippen molar-refractivity contribution < 1.29 is 29.3 Å². The highest BCUT2D eigenvalue weighted by Crippen LogP contribution is 2.36. The Morgan fingerprint density at radius 3 is 2.44 bits per heavy atom. The van der Waals surface area contributed by atoms with Crippen LogP contribution in [0.1, 0.15) is 30.4 Å². The first kappa shape index (κ1) is 26.6. The largest absolute Gasteiger partial charge is 0.491 e. The topological polar surface area (TPSA) is 120 Å². The number of carboxylic acids is 2. The van der Waals surface area contributed by atoms with Gasteiger partial charge in [0.25, 0.3) is 0 Å².